The molecular formula is C11H12N2O4S. The van der Waals surface area contributed by atoms with E-state index in [4.69, 9.17) is 10.4 Å². The third-order valence-corrected chi connectivity index (χ3v) is 3.92. The van der Waals surface area contributed by atoms with Crippen LogP contribution in [0.25, 0.3) is 0 Å². The molecule has 0 saturated heterocycles. The lowest BCUT2D eigenvalue weighted by atomic mass is 10.1. The van der Waals surface area contributed by atoms with Gasteiger partial charge in [-0.1, -0.05) is 0 Å². The second-order valence-electron chi connectivity index (χ2n) is 3.75. The van der Waals surface area contributed by atoms with Gasteiger partial charge in [0, 0.05) is 5.69 Å². The van der Waals surface area contributed by atoms with E-state index in [1.165, 1.54) is 25.1 Å². The number of anilines is 1. The van der Waals surface area contributed by atoms with Crippen LogP contribution in [-0.4, -0.2) is 24.7 Å². The number of rotatable bonds is 4. The van der Waals surface area contributed by atoms with Crippen molar-refractivity contribution < 1.29 is 18.3 Å². The molecule has 1 rings (SSSR count). The highest BCUT2D eigenvalue weighted by molar-refractivity contribution is 7.93. The Labute approximate surface area is 105 Å². The number of aryl methyl sites for hydroxylation is 1. The van der Waals surface area contributed by atoms with Gasteiger partial charge >= 0.3 is 5.97 Å². The lowest BCUT2D eigenvalue weighted by Crippen LogP contribution is -2.23. The van der Waals surface area contributed by atoms with Crippen LogP contribution in [0.4, 0.5) is 5.69 Å². The number of carboxylic acids is 1. The van der Waals surface area contributed by atoms with Gasteiger partial charge in [0.1, 0.15) is 0 Å². The van der Waals surface area contributed by atoms with E-state index in [-0.39, 0.29) is 11.3 Å². The molecule has 18 heavy (non-hydrogen) atoms. The third kappa shape index (κ3) is 2.99. The number of nitriles is 1. The quantitative estimate of drug-likeness (QED) is 0.857. The summed E-state index contributed by atoms with van der Waals surface area (Å²) in [5.41, 5.74) is 0.776. The minimum Gasteiger partial charge on any atom is -0.478 e. The highest BCUT2D eigenvalue weighted by Crippen LogP contribution is 2.17. The maximum Gasteiger partial charge on any atom is 0.335 e. The highest BCUT2D eigenvalue weighted by Gasteiger charge is 2.20. The number of carbonyl (C=O) groups is 1. The number of sulfonamides is 1. The largest absolute Gasteiger partial charge is 0.478 e. The van der Waals surface area contributed by atoms with Gasteiger partial charge in [-0.3, -0.25) is 4.72 Å². The summed E-state index contributed by atoms with van der Waals surface area (Å²) < 4.78 is 25.5. The Morgan fingerprint density at radius 3 is 2.56 bits per heavy atom. The smallest absolute Gasteiger partial charge is 0.335 e. The number of hydrogen-bond acceptors (Lipinski definition) is 4. The van der Waals surface area contributed by atoms with Crippen molar-refractivity contribution in [2.45, 2.75) is 19.1 Å². The van der Waals surface area contributed by atoms with E-state index in [2.05, 4.69) is 4.72 Å². The van der Waals surface area contributed by atoms with Crippen molar-refractivity contribution in [2.24, 2.45) is 0 Å². The normalized spacial score (nSPS) is 12.5. The second-order valence-corrected chi connectivity index (χ2v) is 5.75. The van der Waals surface area contributed by atoms with Crippen LogP contribution in [0.15, 0.2) is 18.2 Å². The maximum atomic E-state index is 11.6. The molecule has 1 aromatic rings. The standard InChI is InChI=1S/C11H12N2O4S/c1-7-5-9(3-4-10(7)11(14)15)13-18(16,17)8(2)6-12/h3-5,8,13H,1-2H3,(H,14,15). The van der Waals surface area contributed by atoms with Crippen molar-refractivity contribution in [3.8, 4) is 6.07 Å². The van der Waals surface area contributed by atoms with Crippen molar-refractivity contribution in [3.05, 3.63) is 29.3 Å². The van der Waals surface area contributed by atoms with Crippen LogP contribution < -0.4 is 4.72 Å². The Bertz CT molecular complexity index is 616. The van der Waals surface area contributed by atoms with Crippen molar-refractivity contribution in [2.75, 3.05) is 4.72 Å². The van der Waals surface area contributed by atoms with Crippen LogP contribution in [0.5, 0.6) is 0 Å². The average molecular weight is 268 g/mol. The van der Waals surface area contributed by atoms with Gasteiger partial charge in [-0.2, -0.15) is 5.26 Å². The number of aromatic carboxylic acids is 1. The predicted octanol–water partition coefficient (Wildman–Crippen LogP) is 1.35. The van der Waals surface area contributed by atoms with Crippen molar-refractivity contribution in [1.82, 2.24) is 0 Å². The Balaban J connectivity index is 3.05. The zero-order valence-electron chi connectivity index (χ0n) is 9.84. The Morgan fingerprint density at radius 2 is 2.11 bits per heavy atom. The molecule has 0 heterocycles. The first-order chi connectivity index (χ1) is 8.27. The van der Waals surface area contributed by atoms with Crippen molar-refractivity contribution in [3.63, 3.8) is 0 Å². The summed E-state index contributed by atoms with van der Waals surface area (Å²) in [7, 11) is -3.77. The minimum atomic E-state index is -3.77. The van der Waals surface area contributed by atoms with E-state index >= 15 is 0 Å². The lowest BCUT2D eigenvalue weighted by molar-refractivity contribution is 0.0696. The van der Waals surface area contributed by atoms with Crippen LogP contribution in [0, 0.1) is 18.3 Å². The van der Waals surface area contributed by atoms with E-state index in [9.17, 15) is 13.2 Å². The molecule has 0 bridgehead atoms. The molecule has 1 unspecified atom stereocenters. The SMILES string of the molecule is Cc1cc(NS(=O)(=O)C(C)C#N)ccc1C(=O)O. The zero-order chi connectivity index (χ0) is 13.9. The number of nitrogens with zero attached hydrogens (tertiary/aromatic N) is 1. The first-order valence-electron chi connectivity index (χ1n) is 5.03. The summed E-state index contributed by atoms with van der Waals surface area (Å²) in [5.74, 6) is -1.08. The monoisotopic (exact) mass is 268 g/mol. The molecular weight excluding hydrogens is 256 g/mol. The average Bonchev–Trinajstić information content (AvgIpc) is 2.26. The summed E-state index contributed by atoms with van der Waals surface area (Å²) in [6, 6.07) is 5.69. The molecule has 0 fully saturated rings. The molecule has 0 aromatic heterocycles. The van der Waals surface area contributed by atoms with Crippen molar-refractivity contribution >= 4 is 21.7 Å². The molecule has 7 heteroatoms. The van der Waals surface area contributed by atoms with E-state index in [1.54, 1.807) is 13.0 Å². The van der Waals surface area contributed by atoms with Gasteiger partial charge in [0.05, 0.1) is 11.6 Å². The number of carboxylic acid groups (broad SMARTS) is 1. The fourth-order valence-corrected chi connectivity index (χ4v) is 2.06. The van der Waals surface area contributed by atoms with Gasteiger partial charge in [-0.05, 0) is 37.6 Å². The topological polar surface area (TPSA) is 107 Å². The molecule has 6 nitrogen and oxygen atoms in total. The first kappa shape index (κ1) is 14.0. The molecule has 0 aliphatic carbocycles. The van der Waals surface area contributed by atoms with Crippen LogP contribution in [0.2, 0.25) is 0 Å². The summed E-state index contributed by atoms with van der Waals surface area (Å²) in [6.45, 7) is 2.83. The molecule has 96 valence electrons. The molecule has 0 saturated carbocycles. The van der Waals surface area contributed by atoms with E-state index in [0.717, 1.165) is 0 Å². The Morgan fingerprint density at radius 1 is 1.50 bits per heavy atom. The Kier molecular flexibility index (Phi) is 3.93. The fraction of sp³-hybridized carbons (Fsp3) is 0.273. The van der Waals surface area contributed by atoms with Crippen molar-refractivity contribution in [1.29, 1.82) is 5.26 Å². The number of benzene rings is 1. The van der Waals surface area contributed by atoms with Gasteiger partial charge in [-0.15, -0.1) is 0 Å². The van der Waals surface area contributed by atoms with E-state index in [1.807, 2.05) is 0 Å². The van der Waals surface area contributed by atoms with Gasteiger partial charge in [0.25, 0.3) is 0 Å². The summed E-state index contributed by atoms with van der Waals surface area (Å²) in [4.78, 5) is 10.8. The van der Waals surface area contributed by atoms with Gasteiger partial charge in [0.15, 0.2) is 5.25 Å². The highest BCUT2D eigenvalue weighted by atomic mass is 32.2. The van der Waals surface area contributed by atoms with E-state index in [0.29, 0.717) is 5.56 Å². The zero-order valence-corrected chi connectivity index (χ0v) is 10.7. The second kappa shape index (κ2) is 5.06. The first-order valence-corrected chi connectivity index (χ1v) is 6.57. The molecule has 0 radical (unpaired) electrons. The van der Waals surface area contributed by atoms with Crippen LogP contribution in [0.3, 0.4) is 0 Å². The molecule has 0 spiro atoms. The van der Waals surface area contributed by atoms with Gasteiger partial charge in [0.2, 0.25) is 10.0 Å². The molecule has 0 aliphatic heterocycles. The molecule has 1 aromatic carbocycles. The van der Waals surface area contributed by atoms with Gasteiger partial charge < -0.3 is 5.11 Å². The summed E-state index contributed by atoms with van der Waals surface area (Å²) >= 11 is 0. The molecule has 0 amide bonds. The molecule has 0 aliphatic rings. The van der Waals surface area contributed by atoms with Crippen LogP contribution >= 0.6 is 0 Å². The van der Waals surface area contributed by atoms with Gasteiger partial charge in [-0.25, -0.2) is 13.2 Å². The van der Waals surface area contributed by atoms with E-state index < -0.39 is 21.2 Å². The fourth-order valence-electron chi connectivity index (χ4n) is 1.29. The third-order valence-electron chi connectivity index (χ3n) is 2.36. The van der Waals surface area contributed by atoms with Crippen LogP contribution in [-0.2, 0) is 10.0 Å². The minimum absolute atomic E-state index is 0.103. The Hall–Kier alpha value is -2.07. The van der Waals surface area contributed by atoms with Crippen LogP contribution in [0.1, 0.15) is 22.8 Å². The lowest BCUT2D eigenvalue weighted by Gasteiger charge is -2.10. The summed E-state index contributed by atoms with van der Waals surface area (Å²) in [6.07, 6.45) is 0. The summed E-state index contributed by atoms with van der Waals surface area (Å²) in [5, 5.41) is 16.2. The predicted molar refractivity (Wildman–Crippen MR) is 65.8 cm³/mol. The molecule has 2 N–H and O–H groups in total. The number of nitrogens with one attached hydrogen (secondary N) is 1. The molecule has 1 atom stereocenters. The maximum absolute atomic E-state index is 11.6. The number of hydrogen-bond donors (Lipinski definition) is 2.